The van der Waals surface area contributed by atoms with E-state index in [1.54, 1.807) is 34.6 Å². The van der Waals surface area contributed by atoms with Gasteiger partial charge in [0.1, 0.15) is 18.3 Å². The fraction of sp³-hybridized carbons (Fsp3) is 0.762. The third-order valence-electron chi connectivity index (χ3n) is 5.55. The number of ether oxygens (including phenoxy) is 3. The molecule has 0 radical (unpaired) electrons. The van der Waals surface area contributed by atoms with Crippen LogP contribution in [0.15, 0.2) is 11.6 Å². The van der Waals surface area contributed by atoms with Gasteiger partial charge in [-0.3, -0.25) is 9.59 Å². The first kappa shape index (κ1) is 26.1. The Bertz CT molecular complexity index is 644. The number of aliphatic hydroxyl groups excluding tert-OH is 3. The third-order valence-corrected chi connectivity index (χ3v) is 5.55. The summed E-state index contributed by atoms with van der Waals surface area (Å²) in [7, 11) is 0. The van der Waals surface area contributed by atoms with E-state index >= 15 is 0 Å². The highest BCUT2D eigenvalue weighted by molar-refractivity contribution is 5.87. The van der Waals surface area contributed by atoms with Crippen LogP contribution in [0.1, 0.15) is 54.4 Å². The SMILES string of the molecule is C/C=C(/C)C(=O)O[C@H]1[C@H](O)[C@@H](O)[C@H](OC(=O)C(C)CC)[C@H](OC(=O)C(C)CC)[C@@H]1O. The van der Waals surface area contributed by atoms with Crippen molar-refractivity contribution in [2.24, 2.45) is 11.8 Å². The van der Waals surface area contributed by atoms with Crippen molar-refractivity contribution in [1.29, 1.82) is 0 Å². The number of allylic oxidation sites excluding steroid dienone is 1. The van der Waals surface area contributed by atoms with Crippen molar-refractivity contribution in [2.75, 3.05) is 0 Å². The Kier molecular flexibility index (Phi) is 9.93. The molecule has 0 spiro atoms. The highest BCUT2D eigenvalue weighted by Gasteiger charge is 2.55. The summed E-state index contributed by atoms with van der Waals surface area (Å²) in [6, 6.07) is 0. The van der Waals surface area contributed by atoms with E-state index in [0.29, 0.717) is 12.8 Å². The second kappa shape index (κ2) is 11.4. The van der Waals surface area contributed by atoms with Crippen molar-refractivity contribution in [3.05, 3.63) is 11.6 Å². The topological polar surface area (TPSA) is 140 Å². The molecule has 2 unspecified atom stereocenters. The summed E-state index contributed by atoms with van der Waals surface area (Å²) >= 11 is 0. The molecule has 0 bridgehead atoms. The Morgan fingerprint density at radius 2 is 1.20 bits per heavy atom. The summed E-state index contributed by atoms with van der Waals surface area (Å²) in [6.45, 7) is 9.88. The molecule has 1 aliphatic carbocycles. The van der Waals surface area contributed by atoms with E-state index < -0.39 is 66.4 Å². The Balaban J connectivity index is 3.22. The van der Waals surface area contributed by atoms with Gasteiger partial charge in [-0.1, -0.05) is 33.8 Å². The van der Waals surface area contributed by atoms with Crippen LogP contribution in [0.25, 0.3) is 0 Å². The average molecular weight is 430 g/mol. The zero-order valence-corrected chi connectivity index (χ0v) is 18.4. The fourth-order valence-electron chi connectivity index (χ4n) is 2.75. The van der Waals surface area contributed by atoms with E-state index in [1.165, 1.54) is 13.0 Å². The lowest BCUT2D eigenvalue weighted by Crippen LogP contribution is -2.66. The Hall–Kier alpha value is -1.97. The van der Waals surface area contributed by atoms with Gasteiger partial charge in [-0.2, -0.15) is 0 Å². The quantitative estimate of drug-likeness (QED) is 0.291. The van der Waals surface area contributed by atoms with Gasteiger partial charge in [0.25, 0.3) is 0 Å². The first-order chi connectivity index (χ1) is 14.0. The Morgan fingerprint density at radius 1 is 0.800 bits per heavy atom. The summed E-state index contributed by atoms with van der Waals surface area (Å²) in [4.78, 5) is 36.7. The lowest BCUT2D eigenvalue weighted by atomic mass is 9.84. The molecule has 0 amide bonds. The van der Waals surface area contributed by atoms with Crippen LogP contribution in [0.4, 0.5) is 0 Å². The van der Waals surface area contributed by atoms with Gasteiger partial charge in [0.2, 0.25) is 0 Å². The van der Waals surface area contributed by atoms with Crippen LogP contribution in [-0.2, 0) is 28.6 Å². The molecule has 1 saturated carbocycles. The molecule has 172 valence electrons. The number of esters is 3. The molecular weight excluding hydrogens is 396 g/mol. The second-order valence-electron chi connectivity index (χ2n) is 7.73. The predicted octanol–water partition coefficient (Wildman–Crippen LogP) is 0.876. The molecule has 0 aromatic heterocycles. The van der Waals surface area contributed by atoms with Crippen LogP contribution in [-0.4, -0.2) is 69.9 Å². The number of hydrogen-bond donors (Lipinski definition) is 3. The lowest BCUT2D eigenvalue weighted by molar-refractivity contribution is -0.248. The highest BCUT2D eigenvalue weighted by Crippen LogP contribution is 2.30. The Morgan fingerprint density at radius 3 is 1.60 bits per heavy atom. The monoisotopic (exact) mass is 430 g/mol. The Labute approximate surface area is 177 Å². The van der Waals surface area contributed by atoms with Gasteiger partial charge in [0.05, 0.1) is 11.8 Å². The van der Waals surface area contributed by atoms with Crippen LogP contribution < -0.4 is 0 Å². The van der Waals surface area contributed by atoms with E-state index in [-0.39, 0.29) is 5.57 Å². The maximum absolute atomic E-state index is 12.3. The average Bonchev–Trinajstić information content (AvgIpc) is 2.74. The summed E-state index contributed by atoms with van der Waals surface area (Å²) in [6.07, 6.45) is -7.46. The minimum absolute atomic E-state index is 0.224. The van der Waals surface area contributed by atoms with E-state index in [9.17, 15) is 29.7 Å². The van der Waals surface area contributed by atoms with E-state index in [2.05, 4.69) is 0 Å². The van der Waals surface area contributed by atoms with Gasteiger partial charge >= 0.3 is 17.9 Å². The van der Waals surface area contributed by atoms with E-state index in [4.69, 9.17) is 14.2 Å². The lowest BCUT2D eigenvalue weighted by Gasteiger charge is -2.44. The number of carbonyl (C=O) groups is 3. The van der Waals surface area contributed by atoms with E-state index in [1.807, 2.05) is 0 Å². The van der Waals surface area contributed by atoms with Crippen molar-refractivity contribution in [1.82, 2.24) is 0 Å². The van der Waals surface area contributed by atoms with Crippen LogP contribution in [0.3, 0.4) is 0 Å². The summed E-state index contributed by atoms with van der Waals surface area (Å²) in [5.74, 6) is -3.19. The first-order valence-electron chi connectivity index (χ1n) is 10.3. The molecule has 30 heavy (non-hydrogen) atoms. The van der Waals surface area contributed by atoms with Gasteiger partial charge in [0.15, 0.2) is 18.3 Å². The van der Waals surface area contributed by atoms with Crippen molar-refractivity contribution in [3.63, 3.8) is 0 Å². The molecule has 1 rings (SSSR count). The molecule has 1 fully saturated rings. The van der Waals surface area contributed by atoms with Crippen LogP contribution >= 0.6 is 0 Å². The largest absolute Gasteiger partial charge is 0.455 e. The molecule has 3 N–H and O–H groups in total. The molecule has 0 aromatic carbocycles. The van der Waals surface area contributed by atoms with Crippen LogP contribution in [0.2, 0.25) is 0 Å². The molecule has 9 nitrogen and oxygen atoms in total. The first-order valence-corrected chi connectivity index (χ1v) is 10.3. The molecular formula is C21H34O9. The number of aliphatic hydroxyl groups is 3. The number of rotatable bonds is 8. The molecule has 0 heterocycles. The molecule has 9 heteroatoms. The van der Waals surface area contributed by atoms with Crippen molar-refractivity contribution >= 4 is 17.9 Å². The second-order valence-corrected chi connectivity index (χ2v) is 7.73. The minimum Gasteiger partial charge on any atom is -0.455 e. The molecule has 0 saturated heterocycles. The zero-order chi connectivity index (χ0) is 23.2. The fourth-order valence-corrected chi connectivity index (χ4v) is 2.75. The van der Waals surface area contributed by atoms with Gasteiger partial charge in [-0.05, 0) is 26.7 Å². The molecule has 0 aromatic rings. The predicted molar refractivity (Wildman–Crippen MR) is 106 cm³/mol. The maximum atomic E-state index is 12.3. The standard InChI is InChI=1S/C21H34O9/c1-7-10(4)19(25)28-16-13(22)14(23)17(29-20(26)11(5)8-2)18(15(16)24)30-21(27)12(6)9-3/h7,11-18,22-24H,8-9H2,1-6H3/b10-7-/t11?,12?,13-,14-,15-,16+,17+,18-/m1/s1. The molecule has 8 atom stereocenters. The normalized spacial score (nSPS) is 31.4. The van der Waals surface area contributed by atoms with E-state index in [0.717, 1.165) is 0 Å². The minimum atomic E-state index is -1.76. The summed E-state index contributed by atoms with van der Waals surface area (Å²) in [5, 5.41) is 31.8. The maximum Gasteiger partial charge on any atom is 0.333 e. The van der Waals surface area contributed by atoms with Crippen molar-refractivity contribution in [2.45, 2.75) is 91.0 Å². The number of hydrogen-bond acceptors (Lipinski definition) is 9. The van der Waals surface area contributed by atoms with Crippen molar-refractivity contribution in [3.8, 4) is 0 Å². The molecule has 1 aliphatic rings. The van der Waals surface area contributed by atoms with Gasteiger partial charge in [0, 0.05) is 5.57 Å². The van der Waals surface area contributed by atoms with Crippen molar-refractivity contribution < 1.29 is 43.9 Å². The summed E-state index contributed by atoms with van der Waals surface area (Å²) in [5.41, 5.74) is 0.224. The third kappa shape index (κ3) is 6.02. The van der Waals surface area contributed by atoms with Gasteiger partial charge in [-0.15, -0.1) is 0 Å². The number of carbonyl (C=O) groups excluding carboxylic acids is 3. The van der Waals surface area contributed by atoms with Crippen LogP contribution in [0.5, 0.6) is 0 Å². The zero-order valence-electron chi connectivity index (χ0n) is 18.4. The summed E-state index contributed by atoms with van der Waals surface area (Å²) < 4.78 is 15.8. The smallest absolute Gasteiger partial charge is 0.333 e. The van der Waals surface area contributed by atoms with Gasteiger partial charge in [-0.25, -0.2) is 4.79 Å². The van der Waals surface area contributed by atoms with Crippen LogP contribution in [0, 0.1) is 11.8 Å². The highest BCUT2D eigenvalue weighted by atomic mass is 16.6. The molecule has 0 aliphatic heterocycles. The van der Waals surface area contributed by atoms with Gasteiger partial charge < -0.3 is 29.5 Å².